The summed E-state index contributed by atoms with van der Waals surface area (Å²) in [6.07, 6.45) is 10.4. The van der Waals surface area contributed by atoms with Gasteiger partial charge in [-0.3, -0.25) is 4.99 Å². The Morgan fingerprint density at radius 2 is 1.66 bits per heavy atom. The second-order valence-corrected chi connectivity index (χ2v) is 17.8. The van der Waals surface area contributed by atoms with Gasteiger partial charge < -0.3 is 24.8 Å². The number of allylic oxidation sites excluding steroid dienone is 6. The fourth-order valence-electron chi connectivity index (χ4n) is 6.39. The molecule has 0 spiro atoms. The molecule has 0 radical (unpaired) electrons. The predicted octanol–water partition coefficient (Wildman–Crippen LogP) is 3.22. The van der Waals surface area contributed by atoms with E-state index >= 15 is 0 Å². The smallest absolute Gasteiger partial charge is 1.00 e. The molecule has 3 aliphatic heterocycles. The molecule has 5 aliphatic rings. The van der Waals surface area contributed by atoms with E-state index in [1.54, 1.807) is 46.3 Å². The first-order valence-corrected chi connectivity index (χ1v) is 17.8. The van der Waals surface area contributed by atoms with Gasteiger partial charge in [0.05, 0.1) is 0 Å². The van der Waals surface area contributed by atoms with E-state index in [4.69, 9.17) is 0 Å². The van der Waals surface area contributed by atoms with Gasteiger partial charge in [-0.2, -0.15) is 0 Å². The molecule has 197 valence electrons. The van der Waals surface area contributed by atoms with E-state index in [-0.39, 0.29) is 30.2 Å². The maximum atomic E-state index is 4.19. The van der Waals surface area contributed by atoms with Crippen LogP contribution in [-0.2, 0) is 30.1 Å². The molecule has 1 unspecified atom stereocenters. The SMILES string of the molecule is CC1=C2C3=CN=CC3=C1[Si]2(C)C.CCCCC1=Cc2c(-c3ccc(C(C)(C)C)cc3)cccc2[CH]1[Zr+2].[Cl-].[Cl-]. The topological polar surface area (TPSA) is 12.4 Å². The average molecular weight is 639 g/mol. The maximum absolute atomic E-state index is 4.19. The molecule has 0 aromatic heterocycles. The monoisotopic (exact) mass is 636 g/mol. The van der Waals surface area contributed by atoms with Gasteiger partial charge in [0.15, 0.2) is 0 Å². The summed E-state index contributed by atoms with van der Waals surface area (Å²) in [7, 11) is -1.11. The Morgan fingerprint density at radius 1 is 0.974 bits per heavy atom. The van der Waals surface area contributed by atoms with E-state index in [1.165, 1.54) is 58.2 Å². The van der Waals surface area contributed by atoms with Gasteiger partial charge in [0.1, 0.15) is 8.07 Å². The number of aliphatic imine (C=N–C) groups is 1. The third-order valence-electron chi connectivity index (χ3n) is 8.27. The molecule has 0 saturated heterocycles. The zero-order valence-electron chi connectivity index (χ0n) is 23.7. The molecule has 2 aromatic rings. The van der Waals surface area contributed by atoms with Crippen LogP contribution < -0.4 is 24.8 Å². The Balaban J connectivity index is 0.000000240. The first-order valence-electron chi connectivity index (χ1n) is 13.4. The van der Waals surface area contributed by atoms with Gasteiger partial charge in [-0.05, 0) is 17.3 Å². The van der Waals surface area contributed by atoms with Crippen LogP contribution in [0, 0.1) is 0 Å². The first kappa shape index (κ1) is 31.3. The van der Waals surface area contributed by atoms with Crippen LogP contribution in [0.3, 0.4) is 0 Å². The van der Waals surface area contributed by atoms with Crippen molar-refractivity contribution in [3.8, 4) is 11.1 Å². The van der Waals surface area contributed by atoms with Crippen LogP contribution in [0.15, 0.2) is 86.3 Å². The maximum Gasteiger partial charge on any atom is -1.00 e. The first-order chi connectivity index (χ1) is 17.1. The zero-order chi connectivity index (χ0) is 25.8. The quantitative estimate of drug-likeness (QED) is 0.457. The molecule has 38 heavy (non-hydrogen) atoms. The Hall–Kier alpha value is -1.25. The molecule has 1 atom stereocenters. The summed E-state index contributed by atoms with van der Waals surface area (Å²) in [4.78, 5) is 4.19. The Bertz CT molecular complexity index is 1390. The van der Waals surface area contributed by atoms with Crippen LogP contribution in [-0.4, -0.2) is 14.3 Å². The number of halogens is 2. The van der Waals surface area contributed by atoms with Gasteiger partial charge in [0, 0.05) is 23.6 Å². The van der Waals surface area contributed by atoms with Crippen molar-refractivity contribution >= 4 is 20.4 Å². The van der Waals surface area contributed by atoms with Crippen molar-refractivity contribution in [2.75, 3.05) is 0 Å². The number of fused-ring (bicyclic) bond motifs is 1. The van der Waals surface area contributed by atoms with Crippen LogP contribution >= 0.6 is 0 Å². The largest absolute Gasteiger partial charge is 1.00 e. The number of rotatable bonds is 4. The van der Waals surface area contributed by atoms with Gasteiger partial charge >= 0.3 is 163 Å². The van der Waals surface area contributed by atoms with Crippen molar-refractivity contribution < 1.29 is 49.5 Å². The minimum atomic E-state index is -1.11. The number of hydrogen-bond acceptors (Lipinski definition) is 1. The summed E-state index contributed by atoms with van der Waals surface area (Å²) in [5.41, 5.74) is 13.4. The van der Waals surface area contributed by atoms with E-state index in [1.807, 2.05) is 12.4 Å². The summed E-state index contributed by atoms with van der Waals surface area (Å²) in [5.74, 6) is 0. The van der Waals surface area contributed by atoms with Crippen molar-refractivity contribution in [3.63, 3.8) is 0 Å². The molecule has 0 fully saturated rings. The minimum Gasteiger partial charge on any atom is -1.00 e. The fraction of sp³-hybridized carbons (Fsp3) is 0.364. The van der Waals surface area contributed by atoms with Gasteiger partial charge in [0.2, 0.25) is 0 Å². The molecule has 2 bridgehead atoms. The van der Waals surface area contributed by atoms with Crippen LogP contribution in [0.4, 0.5) is 0 Å². The molecule has 0 N–H and O–H groups in total. The molecular formula is C33H38Cl2NSiZr. The third kappa shape index (κ3) is 5.26. The Labute approximate surface area is 258 Å². The van der Waals surface area contributed by atoms with E-state index in [0.717, 1.165) is 0 Å². The molecule has 5 heteroatoms. The molecule has 7 rings (SSSR count). The van der Waals surface area contributed by atoms with Gasteiger partial charge in [-0.15, -0.1) is 0 Å². The number of unbranched alkanes of at least 4 members (excludes halogenated alkanes) is 1. The Morgan fingerprint density at radius 3 is 2.24 bits per heavy atom. The molecule has 1 nitrogen and oxygen atoms in total. The second-order valence-electron chi connectivity index (χ2n) is 12.1. The fourth-order valence-corrected chi connectivity index (χ4v) is 11.5. The van der Waals surface area contributed by atoms with Crippen molar-refractivity contribution in [3.05, 3.63) is 98.0 Å². The molecule has 3 heterocycles. The normalized spacial score (nSPS) is 19.4. The van der Waals surface area contributed by atoms with Gasteiger partial charge in [-0.1, -0.05) is 18.7 Å². The third-order valence-corrected chi connectivity index (χ3v) is 13.7. The zero-order valence-corrected chi connectivity index (χ0v) is 28.6. The average Bonchev–Trinajstić information content (AvgIpc) is 3.54. The molecular weight excluding hydrogens is 601 g/mol. The number of benzene rings is 2. The van der Waals surface area contributed by atoms with Crippen LogP contribution in [0.2, 0.25) is 13.1 Å². The Kier molecular flexibility index (Phi) is 9.63. The van der Waals surface area contributed by atoms with Crippen LogP contribution in [0.1, 0.15) is 74.2 Å². The molecule has 2 aromatic carbocycles. The predicted molar refractivity (Wildman–Crippen MR) is 155 cm³/mol. The van der Waals surface area contributed by atoms with E-state index < -0.39 is 8.07 Å². The van der Waals surface area contributed by atoms with Crippen molar-refractivity contribution in [2.45, 2.75) is 76.0 Å². The summed E-state index contributed by atoms with van der Waals surface area (Å²) in [5, 5.41) is 3.31. The summed E-state index contributed by atoms with van der Waals surface area (Å²) in [6, 6.07) is 16.0. The summed E-state index contributed by atoms with van der Waals surface area (Å²) < 4.78 is 0.660. The van der Waals surface area contributed by atoms with E-state index in [2.05, 4.69) is 101 Å². The van der Waals surface area contributed by atoms with Crippen LogP contribution in [0.25, 0.3) is 17.2 Å². The number of hydrogen-bond donors (Lipinski definition) is 0. The van der Waals surface area contributed by atoms with Crippen molar-refractivity contribution in [1.82, 2.24) is 0 Å². The van der Waals surface area contributed by atoms with E-state index in [9.17, 15) is 0 Å². The summed E-state index contributed by atoms with van der Waals surface area (Å²) in [6.45, 7) is 16.2. The minimum absolute atomic E-state index is 0. The van der Waals surface area contributed by atoms with Gasteiger partial charge in [0.25, 0.3) is 0 Å². The number of nitrogens with zero attached hydrogens (tertiary/aromatic N) is 1. The standard InChI is InChI=1S/C23H27.C10H11NSi.2ClH.Zr/c1-5-6-8-17-15-19-9-7-10-21(22(19)16-17)18-11-13-20(14-12-18)23(2,3)4;1-6-9-7-4-11-5-8(7)10(6)12(9,2)3;;;/h7,9-16H,5-6,8H2,1-4H3;4-5H,1-3H3;2*1H;/q;;;;+2/p-2. The summed E-state index contributed by atoms with van der Waals surface area (Å²) >= 11 is 1.62. The van der Waals surface area contributed by atoms with Crippen LogP contribution in [0.5, 0.6) is 0 Å². The molecule has 0 saturated carbocycles. The second kappa shape index (κ2) is 11.7. The van der Waals surface area contributed by atoms with E-state index in [0.29, 0.717) is 3.63 Å². The molecule has 0 amide bonds. The van der Waals surface area contributed by atoms with Crippen molar-refractivity contribution in [1.29, 1.82) is 0 Å². The van der Waals surface area contributed by atoms with Gasteiger partial charge in [-0.25, -0.2) is 0 Å². The van der Waals surface area contributed by atoms with Crippen molar-refractivity contribution in [2.24, 2.45) is 4.99 Å². The molecule has 2 aliphatic carbocycles.